The first-order valence-electron chi connectivity index (χ1n) is 6.67. The average molecular weight is 279 g/mol. The van der Waals surface area contributed by atoms with E-state index in [9.17, 15) is 4.79 Å². The molecule has 0 saturated carbocycles. The molecule has 0 saturated heterocycles. The molecule has 0 atom stereocenters. The maximum atomic E-state index is 12.3. The van der Waals surface area contributed by atoms with Crippen molar-refractivity contribution in [3.05, 3.63) is 60.2 Å². The molecule has 0 aliphatic rings. The number of nitrogens with zero attached hydrogens (tertiary/aromatic N) is 3. The minimum Gasteiger partial charge on any atom is -0.273 e. The van der Waals surface area contributed by atoms with E-state index < -0.39 is 0 Å². The third kappa shape index (κ3) is 3.46. The Morgan fingerprint density at radius 1 is 1.29 bits per heavy atom. The van der Waals surface area contributed by atoms with Gasteiger partial charge in [0.15, 0.2) is 0 Å². The molecule has 4 heteroatoms. The van der Waals surface area contributed by atoms with Crippen LogP contribution in [0.4, 0.5) is 0 Å². The highest BCUT2D eigenvalue weighted by molar-refractivity contribution is 5.97. The Kier molecular flexibility index (Phi) is 4.04. The number of aromatic nitrogens is 2. The number of benzene rings is 1. The van der Waals surface area contributed by atoms with E-state index in [-0.39, 0.29) is 11.3 Å². The van der Waals surface area contributed by atoms with E-state index in [2.05, 4.69) is 31.8 Å². The van der Waals surface area contributed by atoms with Crippen molar-refractivity contribution in [2.45, 2.75) is 20.8 Å². The molecule has 1 aromatic heterocycles. The second-order valence-corrected chi connectivity index (χ2v) is 5.81. The van der Waals surface area contributed by atoms with Crippen LogP contribution in [0.25, 0.3) is 5.57 Å². The van der Waals surface area contributed by atoms with E-state index >= 15 is 0 Å². The van der Waals surface area contributed by atoms with Crippen LogP contribution < -0.4 is 0 Å². The highest BCUT2D eigenvalue weighted by Gasteiger charge is 2.20. The second-order valence-electron chi connectivity index (χ2n) is 5.81. The number of nitriles is 1. The Morgan fingerprint density at radius 2 is 1.95 bits per heavy atom. The zero-order chi connectivity index (χ0) is 15.5. The minimum absolute atomic E-state index is 0.137. The lowest BCUT2D eigenvalue weighted by Gasteiger charge is -2.23. The summed E-state index contributed by atoms with van der Waals surface area (Å²) in [6, 6.07) is 9.36. The van der Waals surface area contributed by atoms with E-state index in [1.165, 1.54) is 10.9 Å². The summed E-state index contributed by atoms with van der Waals surface area (Å²) in [5.41, 5.74) is 2.28. The standard InChI is InChI=1S/C17H17N3O/c1-17(2,3)15(10-16(21)20-9-8-19-12-20)14-6-4-13(11-18)5-7-14/h4-10,12H,1-3H3. The molecule has 1 aromatic carbocycles. The third-order valence-electron chi connectivity index (χ3n) is 3.16. The Bertz CT molecular complexity index is 696. The maximum absolute atomic E-state index is 12.3. The van der Waals surface area contributed by atoms with Crippen LogP contribution in [0.15, 0.2) is 49.1 Å². The van der Waals surface area contributed by atoms with E-state index in [1.807, 2.05) is 12.1 Å². The molecule has 4 nitrogen and oxygen atoms in total. The molecule has 0 spiro atoms. The van der Waals surface area contributed by atoms with Crippen LogP contribution in [0.1, 0.15) is 36.7 Å². The zero-order valence-corrected chi connectivity index (χ0v) is 12.4. The summed E-state index contributed by atoms with van der Waals surface area (Å²) in [5.74, 6) is -0.137. The number of carbonyl (C=O) groups is 1. The molecule has 0 unspecified atom stereocenters. The SMILES string of the molecule is CC(C)(C)C(=CC(=O)n1ccnc1)c1ccc(C#N)cc1. The van der Waals surface area contributed by atoms with Crippen molar-refractivity contribution in [1.82, 2.24) is 9.55 Å². The van der Waals surface area contributed by atoms with Crippen molar-refractivity contribution in [1.29, 1.82) is 5.26 Å². The quantitative estimate of drug-likeness (QED) is 0.790. The second kappa shape index (κ2) is 5.76. The zero-order valence-electron chi connectivity index (χ0n) is 12.4. The molecule has 106 valence electrons. The number of hydrogen-bond acceptors (Lipinski definition) is 3. The third-order valence-corrected chi connectivity index (χ3v) is 3.16. The molecule has 2 aromatic rings. The molecule has 0 radical (unpaired) electrons. The molecule has 0 bridgehead atoms. The van der Waals surface area contributed by atoms with Crippen LogP contribution in [-0.4, -0.2) is 15.5 Å². The number of carbonyl (C=O) groups excluding carboxylic acids is 1. The van der Waals surface area contributed by atoms with Crippen molar-refractivity contribution in [2.75, 3.05) is 0 Å². The van der Waals surface area contributed by atoms with Gasteiger partial charge in [-0.25, -0.2) is 4.98 Å². The normalized spacial score (nSPS) is 12.0. The molecule has 1 heterocycles. The molecule has 2 rings (SSSR count). The van der Waals surface area contributed by atoms with Gasteiger partial charge in [0, 0.05) is 18.5 Å². The average Bonchev–Trinajstić information content (AvgIpc) is 2.98. The molecule has 21 heavy (non-hydrogen) atoms. The number of rotatable bonds is 2. The topological polar surface area (TPSA) is 58.7 Å². The van der Waals surface area contributed by atoms with E-state index in [0.29, 0.717) is 5.56 Å². The van der Waals surface area contributed by atoms with Gasteiger partial charge < -0.3 is 0 Å². The van der Waals surface area contributed by atoms with Gasteiger partial charge in [0.05, 0.1) is 11.6 Å². The van der Waals surface area contributed by atoms with Crippen molar-refractivity contribution in [3.63, 3.8) is 0 Å². The van der Waals surface area contributed by atoms with Gasteiger partial charge in [-0.15, -0.1) is 0 Å². The first kappa shape index (κ1) is 14.7. The summed E-state index contributed by atoms with van der Waals surface area (Å²) in [6.07, 6.45) is 6.31. The Hall–Kier alpha value is -2.67. The predicted molar refractivity (Wildman–Crippen MR) is 81.4 cm³/mol. The van der Waals surface area contributed by atoms with Gasteiger partial charge in [-0.3, -0.25) is 9.36 Å². The van der Waals surface area contributed by atoms with Gasteiger partial charge in [0.1, 0.15) is 6.33 Å². The van der Waals surface area contributed by atoms with E-state index in [4.69, 9.17) is 5.26 Å². The molecular formula is C17H17N3O. The van der Waals surface area contributed by atoms with Crippen LogP contribution in [0.5, 0.6) is 0 Å². The monoisotopic (exact) mass is 279 g/mol. The molecule has 0 amide bonds. The van der Waals surface area contributed by atoms with Crippen LogP contribution in [0, 0.1) is 16.7 Å². The van der Waals surface area contributed by atoms with Crippen LogP contribution in [-0.2, 0) is 0 Å². The largest absolute Gasteiger partial charge is 0.273 e. The lowest BCUT2D eigenvalue weighted by atomic mass is 9.81. The lowest BCUT2D eigenvalue weighted by molar-refractivity contribution is 0.0968. The summed E-state index contributed by atoms with van der Waals surface area (Å²) >= 11 is 0. The Morgan fingerprint density at radius 3 is 2.43 bits per heavy atom. The molecule has 0 aliphatic carbocycles. The van der Waals surface area contributed by atoms with Gasteiger partial charge in [-0.1, -0.05) is 32.9 Å². The highest BCUT2D eigenvalue weighted by Crippen LogP contribution is 2.34. The first-order valence-corrected chi connectivity index (χ1v) is 6.67. The summed E-state index contributed by atoms with van der Waals surface area (Å²) in [7, 11) is 0. The van der Waals surface area contributed by atoms with Gasteiger partial charge in [0.25, 0.3) is 5.91 Å². The summed E-state index contributed by atoms with van der Waals surface area (Å²) in [4.78, 5) is 16.1. The van der Waals surface area contributed by atoms with Gasteiger partial charge in [-0.05, 0) is 28.7 Å². The molecular weight excluding hydrogens is 262 g/mol. The molecule has 0 fully saturated rings. The highest BCUT2D eigenvalue weighted by atomic mass is 16.1. The first-order chi connectivity index (χ1) is 9.91. The predicted octanol–water partition coefficient (Wildman–Crippen LogP) is 3.52. The Balaban J connectivity index is 2.44. The van der Waals surface area contributed by atoms with Gasteiger partial charge in [0.2, 0.25) is 0 Å². The van der Waals surface area contributed by atoms with Crippen LogP contribution in [0.2, 0.25) is 0 Å². The number of hydrogen-bond donors (Lipinski definition) is 0. The van der Waals surface area contributed by atoms with Crippen molar-refractivity contribution >= 4 is 11.5 Å². The smallest absolute Gasteiger partial charge is 0.256 e. The maximum Gasteiger partial charge on any atom is 0.256 e. The van der Waals surface area contributed by atoms with Crippen LogP contribution >= 0.6 is 0 Å². The van der Waals surface area contributed by atoms with Crippen molar-refractivity contribution in [3.8, 4) is 6.07 Å². The van der Waals surface area contributed by atoms with E-state index in [1.54, 1.807) is 30.6 Å². The fraction of sp³-hybridized carbons (Fsp3) is 0.235. The van der Waals surface area contributed by atoms with Crippen molar-refractivity contribution in [2.24, 2.45) is 5.41 Å². The number of allylic oxidation sites excluding steroid dienone is 2. The lowest BCUT2D eigenvalue weighted by Crippen LogP contribution is -2.13. The minimum atomic E-state index is -0.190. The summed E-state index contributed by atoms with van der Waals surface area (Å²) < 4.78 is 1.44. The van der Waals surface area contributed by atoms with Crippen LogP contribution in [0.3, 0.4) is 0 Å². The molecule has 0 N–H and O–H groups in total. The summed E-state index contributed by atoms with van der Waals surface area (Å²) in [6.45, 7) is 6.16. The fourth-order valence-corrected chi connectivity index (χ4v) is 2.04. The number of imidazole rings is 1. The van der Waals surface area contributed by atoms with Crippen molar-refractivity contribution < 1.29 is 4.79 Å². The van der Waals surface area contributed by atoms with E-state index in [0.717, 1.165) is 11.1 Å². The summed E-state index contributed by atoms with van der Waals surface area (Å²) in [5, 5.41) is 8.87. The molecule has 0 aliphatic heterocycles. The fourth-order valence-electron chi connectivity index (χ4n) is 2.04. The Labute approximate surface area is 124 Å². The van der Waals surface area contributed by atoms with Gasteiger partial charge in [-0.2, -0.15) is 5.26 Å². The van der Waals surface area contributed by atoms with Gasteiger partial charge >= 0.3 is 0 Å².